The first kappa shape index (κ1) is 20.5. The van der Waals surface area contributed by atoms with Crippen LogP contribution in [0.2, 0.25) is 0 Å². The summed E-state index contributed by atoms with van der Waals surface area (Å²) in [5.74, 6) is 0.792. The number of rotatable bonds is 4. The van der Waals surface area contributed by atoms with Crippen LogP contribution in [0.5, 0.6) is 5.75 Å². The number of fused-ring (bicyclic) bond motifs is 1. The Morgan fingerprint density at radius 3 is 2.57 bits per heavy atom. The van der Waals surface area contributed by atoms with Crippen LogP contribution in [0.3, 0.4) is 0 Å². The largest absolute Gasteiger partial charge is 0.494 e. The number of aryl methyl sites for hydroxylation is 3. The van der Waals surface area contributed by atoms with Crippen molar-refractivity contribution in [1.82, 2.24) is 14.9 Å². The van der Waals surface area contributed by atoms with Gasteiger partial charge in [-0.25, -0.2) is 14.4 Å². The molecule has 0 saturated carbocycles. The van der Waals surface area contributed by atoms with Gasteiger partial charge in [0.25, 0.3) is 0 Å². The third-order valence-electron chi connectivity index (χ3n) is 5.98. The summed E-state index contributed by atoms with van der Waals surface area (Å²) in [7, 11) is 1.50. The number of hydrogen-bond acceptors (Lipinski definition) is 5. The van der Waals surface area contributed by atoms with E-state index in [0.717, 1.165) is 67.3 Å². The van der Waals surface area contributed by atoms with Crippen molar-refractivity contribution in [1.29, 1.82) is 0 Å². The summed E-state index contributed by atoms with van der Waals surface area (Å²) in [4.78, 5) is 14.4. The maximum atomic E-state index is 13.7. The first-order valence-corrected chi connectivity index (χ1v) is 10.5. The summed E-state index contributed by atoms with van der Waals surface area (Å²) in [5.41, 5.74) is 5.62. The maximum Gasteiger partial charge on any atom is 0.226 e. The lowest BCUT2D eigenvalue weighted by Gasteiger charge is -2.23. The Labute approximate surface area is 177 Å². The van der Waals surface area contributed by atoms with Gasteiger partial charge in [-0.15, -0.1) is 0 Å². The van der Waals surface area contributed by atoms with Gasteiger partial charge in [0.05, 0.1) is 18.3 Å². The Bertz CT molecular complexity index is 1070. The topological polar surface area (TPSA) is 41.5 Å². The molecule has 0 unspecified atom stereocenters. The monoisotopic (exact) mass is 408 g/mol. The predicted molar refractivity (Wildman–Crippen MR) is 119 cm³/mol. The summed E-state index contributed by atoms with van der Waals surface area (Å²) in [6, 6.07) is 9.45. The highest BCUT2D eigenvalue weighted by atomic mass is 19.1. The minimum absolute atomic E-state index is 0.300. The Balaban J connectivity index is 1.49. The molecule has 0 bridgehead atoms. The van der Waals surface area contributed by atoms with Crippen LogP contribution in [-0.4, -0.2) is 48.2 Å². The van der Waals surface area contributed by atoms with Crippen LogP contribution >= 0.6 is 0 Å². The highest BCUT2D eigenvalue weighted by molar-refractivity contribution is 5.83. The highest BCUT2D eigenvalue weighted by Crippen LogP contribution is 2.24. The number of aromatic nitrogens is 2. The fraction of sp³-hybridized carbons (Fsp3) is 0.417. The summed E-state index contributed by atoms with van der Waals surface area (Å²) < 4.78 is 18.8. The molecule has 4 rings (SSSR count). The van der Waals surface area contributed by atoms with Crippen LogP contribution in [0.15, 0.2) is 30.3 Å². The van der Waals surface area contributed by atoms with Gasteiger partial charge in [-0.05, 0) is 68.1 Å². The van der Waals surface area contributed by atoms with Gasteiger partial charge in [0.1, 0.15) is 0 Å². The van der Waals surface area contributed by atoms with Gasteiger partial charge in [-0.2, -0.15) is 0 Å². The van der Waals surface area contributed by atoms with Gasteiger partial charge >= 0.3 is 0 Å². The van der Waals surface area contributed by atoms with E-state index in [0.29, 0.717) is 5.75 Å². The van der Waals surface area contributed by atoms with Gasteiger partial charge in [0.2, 0.25) is 5.95 Å². The third-order valence-corrected chi connectivity index (χ3v) is 5.98. The molecule has 0 radical (unpaired) electrons. The van der Waals surface area contributed by atoms with Crippen molar-refractivity contribution in [3.8, 4) is 5.75 Å². The van der Waals surface area contributed by atoms with Gasteiger partial charge in [0, 0.05) is 38.1 Å². The standard InChI is InChI=1S/C24H29FN4O/c1-16-12-20-18(3)26-24(27-22(20)13-17(16)2)29-9-5-8-28(10-11-29)15-19-6-7-21(25)23(14-19)30-4/h6-7,12-14H,5,8-11,15H2,1-4H3. The van der Waals surface area contributed by atoms with E-state index >= 15 is 0 Å². The second-order valence-electron chi connectivity index (χ2n) is 8.15. The molecule has 1 aromatic heterocycles. The van der Waals surface area contributed by atoms with E-state index in [9.17, 15) is 4.39 Å². The summed E-state index contributed by atoms with van der Waals surface area (Å²) in [6.07, 6.45) is 1.03. The number of ether oxygens (including phenoxy) is 1. The van der Waals surface area contributed by atoms with E-state index < -0.39 is 0 Å². The molecule has 1 fully saturated rings. The molecule has 1 aliphatic heterocycles. The average molecular weight is 409 g/mol. The van der Waals surface area contributed by atoms with Gasteiger partial charge in [-0.1, -0.05) is 6.07 Å². The van der Waals surface area contributed by atoms with E-state index in [1.165, 1.54) is 24.3 Å². The molecule has 30 heavy (non-hydrogen) atoms. The third kappa shape index (κ3) is 4.24. The molecule has 2 heterocycles. The molecular weight excluding hydrogens is 379 g/mol. The highest BCUT2D eigenvalue weighted by Gasteiger charge is 2.19. The lowest BCUT2D eigenvalue weighted by atomic mass is 10.1. The molecule has 2 aromatic carbocycles. The number of hydrogen-bond donors (Lipinski definition) is 0. The molecule has 0 amide bonds. The minimum atomic E-state index is -0.322. The van der Waals surface area contributed by atoms with Crippen LogP contribution in [0.25, 0.3) is 10.9 Å². The zero-order valence-electron chi connectivity index (χ0n) is 18.2. The molecule has 0 N–H and O–H groups in total. The number of benzene rings is 2. The lowest BCUT2D eigenvalue weighted by molar-refractivity contribution is 0.284. The summed E-state index contributed by atoms with van der Waals surface area (Å²) >= 11 is 0. The molecule has 1 aliphatic rings. The molecule has 0 atom stereocenters. The number of halogens is 1. The molecule has 3 aromatic rings. The van der Waals surface area contributed by atoms with Gasteiger partial charge in [-0.3, -0.25) is 4.90 Å². The van der Waals surface area contributed by atoms with Crippen LogP contribution in [0.1, 0.15) is 28.8 Å². The first-order chi connectivity index (χ1) is 14.4. The van der Waals surface area contributed by atoms with E-state index in [-0.39, 0.29) is 5.82 Å². The zero-order chi connectivity index (χ0) is 21.3. The zero-order valence-corrected chi connectivity index (χ0v) is 18.2. The van der Waals surface area contributed by atoms with Crippen molar-refractivity contribution in [3.63, 3.8) is 0 Å². The normalized spacial score (nSPS) is 15.4. The maximum absolute atomic E-state index is 13.7. The van der Waals surface area contributed by atoms with Crippen molar-refractivity contribution in [3.05, 3.63) is 58.5 Å². The lowest BCUT2D eigenvalue weighted by Crippen LogP contribution is -2.31. The average Bonchev–Trinajstić information content (AvgIpc) is 2.96. The first-order valence-electron chi connectivity index (χ1n) is 10.5. The fourth-order valence-electron chi connectivity index (χ4n) is 4.06. The van der Waals surface area contributed by atoms with Crippen LogP contribution in [0.4, 0.5) is 10.3 Å². The van der Waals surface area contributed by atoms with Crippen molar-refractivity contribution in [2.45, 2.75) is 33.7 Å². The van der Waals surface area contributed by atoms with Gasteiger partial charge < -0.3 is 9.64 Å². The van der Waals surface area contributed by atoms with Crippen molar-refractivity contribution in [2.75, 3.05) is 38.2 Å². The Kier molecular flexibility index (Phi) is 5.86. The van der Waals surface area contributed by atoms with Crippen molar-refractivity contribution < 1.29 is 9.13 Å². The minimum Gasteiger partial charge on any atom is -0.494 e. The second kappa shape index (κ2) is 8.56. The second-order valence-corrected chi connectivity index (χ2v) is 8.15. The van der Waals surface area contributed by atoms with Crippen molar-refractivity contribution in [2.24, 2.45) is 0 Å². The van der Waals surface area contributed by atoms with E-state index in [4.69, 9.17) is 14.7 Å². The van der Waals surface area contributed by atoms with E-state index in [1.54, 1.807) is 6.07 Å². The molecule has 6 heteroatoms. The van der Waals surface area contributed by atoms with Crippen molar-refractivity contribution >= 4 is 16.9 Å². The molecule has 1 saturated heterocycles. The molecule has 0 spiro atoms. The SMILES string of the molecule is COc1cc(CN2CCCN(c3nc(C)c4cc(C)c(C)cc4n3)CC2)ccc1F. The molecule has 0 aliphatic carbocycles. The molecule has 5 nitrogen and oxygen atoms in total. The smallest absolute Gasteiger partial charge is 0.226 e. The Morgan fingerprint density at radius 1 is 0.967 bits per heavy atom. The molecule has 158 valence electrons. The summed E-state index contributed by atoms with van der Waals surface area (Å²) in [6.45, 7) is 10.8. The Morgan fingerprint density at radius 2 is 1.77 bits per heavy atom. The van der Waals surface area contributed by atoms with Gasteiger partial charge in [0.15, 0.2) is 11.6 Å². The number of methoxy groups -OCH3 is 1. The molecular formula is C24H29FN4O. The predicted octanol–water partition coefficient (Wildman–Crippen LogP) is 4.42. The Hall–Kier alpha value is -2.73. The fourth-order valence-corrected chi connectivity index (χ4v) is 4.06. The van der Waals surface area contributed by atoms with Crippen LogP contribution < -0.4 is 9.64 Å². The number of anilines is 1. The van der Waals surface area contributed by atoms with Crippen LogP contribution in [0, 0.1) is 26.6 Å². The van der Waals surface area contributed by atoms with Crippen LogP contribution in [-0.2, 0) is 6.54 Å². The quantitative estimate of drug-likeness (QED) is 0.639. The van der Waals surface area contributed by atoms with E-state index in [1.807, 2.05) is 6.07 Å². The number of nitrogens with zero attached hydrogens (tertiary/aromatic N) is 4. The van der Waals surface area contributed by atoms with E-state index in [2.05, 4.69) is 42.7 Å². The summed E-state index contributed by atoms with van der Waals surface area (Å²) in [5, 5.41) is 1.13.